The summed E-state index contributed by atoms with van der Waals surface area (Å²) in [4.78, 5) is 10.8. The summed E-state index contributed by atoms with van der Waals surface area (Å²) in [6, 6.07) is 5.73. The van der Waals surface area contributed by atoms with Crippen molar-refractivity contribution < 1.29 is 9.53 Å². The highest BCUT2D eigenvalue weighted by molar-refractivity contribution is 5.71. The maximum absolute atomic E-state index is 10.8. The lowest BCUT2D eigenvalue weighted by Crippen LogP contribution is -2.39. The molecule has 3 N–H and O–H groups in total. The quantitative estimate of drug-likeness (QED) is 0.833. The Kier molecular flexibility index (Phi) is 2.96. The van der Waals surface area contributed by atoms with Crippen molar-refractivity contribution in [1.82, 2.24) is 5.32 Å². The number of carbonyl (C=O) groups is 1. The first-order chi connectivity index (χ1) is 7.99. The van der Waals surface area contributed by atoms with Gasteiger partial charge < -0.3 is 15.8 Å². The number of hydrogen-bond donors (Lipinski definition) is 2. The number of amides is 2. The summed E-state index contributed by atoms with van der Waals surface area (Å²) in [5.41, 5.74) is 7.40. The molecule has 0 spiro atoms. The number of ether oxygens (including phenoxy) is 1. The van der Waals surface area contributed by atoms with Crippen molar-refractivity contribution in [3.63, 3.8) is 0 Å². The van der Waals surface area contributed by atoms with E-state index in [1.807, 2.05) is 12.1 Å². The number of nitrogens with two attached hydrogens (primary N) is 1. The van der Waals surface area contributed by atoms with E-state index in [0.29, 0.717) is 6.54 Å². The molecule has 0 bridgehead atoms. The zero-order valence-electron chi connectivity index (χ0n) is 10.2. The first-order valence-corrected chi connectivity index (χ1v) is 5.78. The van der Waals surface area contributed by atoms with Gasteiger partial charge in [-0.05, 0) is 17.2 Å². The highest BCUT2D eigenvalue weighted by atomic mass is 16.5. The van der Waals surface area contributed by atoms with E-state index in [4.69, 9.17) is 10.5 Å². The van der Waals surface area contributed by atoms with E-state index in [0.717, 1.165) is 18.8 Å². The molecule has 1 aliphatic rings. The molecule has 1 aliphatic heterocycles. The van der Waals surface area contributed by atoms with E-state index in [1.165, 1.54) is 11.1 Å². The average molecular weight is 234 g/mol. The smallest absolute Gasteiger partial charge is 0.312 e. The molecule has 17 heavy (non-hydrogen) atoms. The van der Waals surface area contributed by atoms with Crippen LogP contribution >= 0.6 is 0 Å². The highest BCUT2D eigenvalue weighted by Crippen LogP contribution is 2.31. The maximum Gasteiger partial charge on any atom is 0.312 e. The molecule has 0 radical (unpaired) electrons. The fraction of sp³-hybridized carbons (Fsp3) is 0.462. The number of benzene rings is 1. The third-order valence-electron chi connectivity index (χ3n) is 3.18. The van der Waals surface area contributed by atoms with Gasteiger partial charge in [-0.2, -0.15) is 0 Å². The monoisotopic (exact) mass is 234 g/mol. The average Bonchev–Trinajstić information content (AvgIpc) is 2.73. The lowest BCUT2D eigenvalue weighted by atomic mass is 9.83. The number of primary amides is 1. The van der Waals surface area contributed by atoms with Crippen LogP contribution in [0.15, 0.2) is 18.2 Å². The second-order valence-electron chi connectivity index (χ2n) is 5.02. The molecule has 0 unspecified atom stereocenters. The molecule has 2 amide bonds. The van der Waals surface area contributed by atoms with Crippen LogP contribution in [0.5, 0.6) is 5.75 Å². The highest BCUT2D eigenvalue weighted by Gasteiger charge is 2.23. The lowest BCUT2D eigenvalue weighted by molar-refractivity contribution is 0.246. The van der Waals surface area contributed by atoms with Crippen LogP contribution in [0, 0.1) is 0 Å². The number of fused-ring (bicyclic) bond motifs is 1. The molecular formula is C13H18N2O2. The van der Waals surface area contributed by atoms with Gasteiger partial charge >= 0.3 is 6.03 Å². The maximum atomic E-state index is 10.8. The second-order valence-corrected chi connectivity index (χ2v) is 5.02. The van der Waals surface area contributed by atoms with Crippen LogP contribution < -0.4 is 15.8 Å². The van der Waals surface area contributed by atoms with Crippen LogP contribution in [0.1, 0.15) is 25.0 Å². The molecule has 4 nitrogen and oxygen atoms in total. The summed E-state index contributed by atoms with van der Waals surface area (Å²) < 4.78 is 5.47. The minimum atomic E-state index is -0.484. The van der Waals surface area contributed by atoms with Gasteiger partial charge in [-0.1, -0.05) is 26.0 Å². The Morgan fingerprint density at radius 1 is 1.53 bits per heavy atom. The summed E-state index contributed by atoms with van der Waals surface area (Å²) in [5.74, 6) is 0.979. The normalized spacial score (nSPS) is 14.0. The van der Waals surface area contributed by atoms with Gasteiger partial charge in [-0.25, -0.2) is 4.79 Å². The Morgan fingerprint density at radius 3 is 3.00 bits per heavy atom. The van der Waals surface area contributed by atoms with Crippen LogP contribution in [0.3, 0.4) is 0 Å². The first kappa shape index (κ1) is 11.8. The van der Waals surface area contributed by atoms with E-state index in [-0.39, 0.29) is 5.41 Å². The van der Waals surface area contributed by atoms with E-state index in [1.54, 1.807) is 0 Å². The van der Waals surface area contributed by atoms with Crippen LogP contribution in [0.2, 0.25) is 0 Å². The molecule has 0 aromatic heterocycles. The van der Waals surface area contributed by atoms with Gasteiger partial charge in [0, 0.05) is 18.4 Å². The van der Waals surface area contributed by atoms with Gasteiger partial charge in [0.1, 0.15) is 5.75 Å². The lowest BCUT2D eigenvalue weighted by Gasteiger charge is -2.25. The SMILES string of the molecule is CC(C)(CNC(N)=O)c1ccc2c(c1)CCO2. The summed E-state index contributed by atoms with van der Waals surface area (Å²) in [6.07, 6.45) is 0.961. The van der Waals surface area contributed by atoms with E-state index < -0.39 is 6.03 Å². The fourth-order valence-corrected chi connectivity index (χ4v) is 2.02. The second kappa shape index (κ2) is 4.28. The molecule has 0 fully saturated rings. The van der Waals surface area contributed by atoms with E-state index >= 15 is 0 Å². The number of urea groups is 1. The van der Waals surface area contributed by atoms with Crippen molar-refractivity contribution in [3.8, 4) is 5.75 Å². The fourth-order valence-electron chi connectivity index (χ4n) is 2.02. The Labute approximate surface area is 101 Å². The minimum absolute atomic E-state index is 0.132. The van der Waals surface area contributed by atoms with Crippen molar-refractivity contribution in [3.05, 3.63) is 29.3 Å². The topological polar surface area (TPSA) is 64.3 Å². The zero-order valence-corrected chi connectivity index (χ0v) is 10.2. The molecule has 2 rings (SSSR count). The Balaban J connectivity index is 2.18. The van der Waals surface area contributed by atoms with Gasteiger partial charge in [-0.3, -0.25) is 0 Å². The van der Waals surface area contributed by atoms with E-state index in [9.17, 15) is 4.79 Å². The van der Waals surface area contributed by atoms with Crippen LogP contribution in [-0.2, 0) is 11.8 Å². The molecule has 0 saturated carbocycles. The molecule has 1 aromatic carbocycles. The van der Waals surface area contributed by atoms with Crippen molar-refractivity contribution in [2.45, 2.75) is 25.7 Å². The van der Waals surface area contributed by atoms with E-state index in [2.05, 4.69) is 25.2 Å². The summed E-state index contributed by atoms with van der Waals surface area (Å²) >= 11 is 0. The summed E-state index contributed by atoms with van der Waals surface area (Å²) in [7, 11) is 0. The molecule has 0 aliphatic carbocycles. The van der Waals surface area contributed by atoms with Crippen LogP contribution in [0.4, 0.5) is 4.79 Å². The zero-order chi connectivity index (χ0) is 12.5. The molecule has 92 valence electrons. The third-order valence-corrected chi connectivity index (χ3v) is 3.18. The standard InChI is InChI=1S/C13H18N2O2/c1-13(2,8-15-12(14)16)10-3-4-11-9(7-10)5-6-17-11/h3-4,7H,5-6,8H2,1-2H3,(H3,14,15,16). The van der Waals surface area contributed by atoms with Crippen molar-refractivity contribution in [2.24, 2.45) is 5.73 Å². The number of nitrogens with one attached hydrogen (secondary N) is 1. The molecule has 4 heteroatoms. The van der Waals surface area contributed by atoms with Crippen molar-refractivity contribution >= 4 is 6.03 Å². The number of carbonyl (C=O) groups excluding carboxylic acids is 1. The molecule has 0 atom stereocenters. The van der Waals surface area contributed by atoms with Crippen molar-refractivity contribution in [1.29, 1.82) is 0 Å². The molecule has 1 aromatic rings. The predicted octanol–water partition coefficient (Wildman–Crippen LogP) is 1.57. The predicted molar refractivity (Wildman–Crippen MR) is 66.3 cm³/mol. The van der Waals surface area contributed by atoms with Gasteiger partial charge in [-0.15, -0.1) is 0 Å². The largest absolute Gasteiger partial charge is 0.493 e. The molecule has 0 saturated heterocycles. The minimum Gasteiger partial charge on any atom is -0.493 e. The Morgan fingerprint density at radius 2 is 2.29 bits per heavy atom. The van der Waals surface area contributed by atoms with Gasteiger partial charge in [0.25, 0.3) is 0 Å². The van der Waals surface area contributed by atoms with Gasteiger partial charge in [0.2, 0.25) is 0 Å². The molecular weight excluding hydrogens is 216 g/mol. The third kappa shape index (κ3) is 2.52. The number of rotatable bonds is 3. The van der Waals surface area contributed by atoms with Crippen LogP contribution in [0.25, 0.3) is 0 Å². The van der Waals surface area contributed by atoms with Gasteiger partial charge in [0.15, 0.2) is 0 Å². The summed E-state index contributed by atoms with van der Waals surface area (Å²) in [6.45, 7) is 5.46. The molecule has 1 heterocycles. The van der Waals surface area contributed by atoms with Gasteiger partial charge in [0.05, 0.1) is 6.61 Å². The Hall–Kier alpha value is -1.71. The first-order valence-electron chi connectivity index (χ1n) is 5.78. The number of hydrogen-bond acceptors (Lipinski definition) is 2. The van der Waals surface area contributed by atoms with Crippen molar-refractivity contribution in [2.75, 3.05) is 13.2 Å². The summed E-state index contributed by atoms with van der Waals surface area (Å²) in [5, 5.41) is 2.66. The van der Waals surface area contributed by atoms with Crippen LogP contribution in [-0.4, -0.2) is 19.2 Å². The Bertz CT molecular complexity index is 441.